The zero-order valence-corrected chi connectivity index (χ0v) is 13.7. The van der Waals surface area contributed by atoms with E-state index in [1.54, 1.807) is 14.0 Å². The fourth-order valence-electron chi connectivity index (χ4n) is 2.15. The molecule has 0 fully saturated rings. The third-order valence-corrected chi connectivity index (χ3v) is 5.17. The molecule has 0 aromatic heterocycles. The van der Waals surface area contributed by atoms with Crippen LogP contribution in [0.2, 0.25) is 0 Å². The summed E-state index contributed by atoms with van der Waals surface area (Å²) >= 11 is 0. The van der Waals surface area contributed by atoms with Gasteiger partial charge in [-0.1, -0.05) is 19.1 Å². The van der Waals surface area contributed by atoms with Gasteiger partial charge in [0, 0.05) is 18.8 Å². The van der Waals surface area contributed by atoms with E-state index < -0.39 is 9.84 Å². The van der Waals surface area contributed by atoms with E-state index in [-0.39, 0.29) is 11.5 Å². The number of anilines is 1. The highest BCUT2D eigenvalue weighted by atomic mass is 32.2. The van der Waals surface area contributed by atoms with Gasteiger partial charge in [-0.3, -0.25) is 0 Å². The van der Waals surface area contributed by atoms with E-state index in [4.69, 9.17) is 10.5 Å². The summed E-state index contributed by atoms with van der Waals surface area (Å²) in [4.78, 5) is 2.15. The molecule has 0 aliphatic heterocycles. The van der Waals surface area contributed by atoms with Crippen molar-refractivity contribution in [2.75, 3.05) is 43.1 Å². The summed E-state index contributed by atoms with van der Waals surface area (Å²) in [6.07, 6.45) is 1.47. The van der Waals surface area contributed by atoms with E-state index >= 15 is 0 Å². The molecule has 0 bridgehead atoms. The Bertz CT molecular complexity index is 517. The Labute approximate surface area is 128 Å². The number of ether oxygens (including phenoxy) is 1. The second-order valence-corrected chi connectivity index (χ2v) is 7.36. The monoisotopic (exact) mass is 314 g/mol. The Balaban J connectivity index is 2.76. The quantitative estimate of drug-likeness (QED) is 0.711. The van der Waals surface area contributed by atoms with Crippen LogP contribution >= 0.6 is 0 Å². The van der Waals surface area contributed by atoms with E-state index in [0.717, 1.165) is 24.4 Å². The van der Waals surface area contributed by atoms with E-state index in [9.17, 15) is 8.42 Å². The smallest absolute Gasteiger partial charge is 0.150 e. The van der Waals surface area contributed by atoms with Crippen LogP contribution in [-0.4, -0.2) is 46.7 Å². The van der Waals surface area contributed by atoms with Crippen molar-refractivity contribution in [3.8, 4) is 5.75 Å². The fourth-order valence-corrected chi connectivity index (χ4v) is 3.00. The topological polar surface area (TPSA) is 72.6 Å². The standard InChI is InChI=1S/C15H26N2O3S/c1-3-21(18,19)13-7-12-17(11-6-10-16)14-8-4-5-9-15(14)20-2/h4-5,8-9H,3,6-7,10-13,16H2,1-2H3. The number of nitrogens with zero attached hydrogens (tertiary/aromatic N) is 1. The zero-order valence-electron chi connectivity index (χ0n) is 12.9. The van der Waals surface area contributed by atoms with Crippen LogP contribution in [0.15, 0.2) is 24.3 Å². The summed E-state index contributed by atoms with van der Waals surface area (Å²) in [6.45, 7) is 3.77. The van der Waals surface area contributed by atoms with Gasteiger partial charge in [0.1, 0.15) is 15.6 Å². The maximum atomic E-state index is 11.6. The minimum Gasteiger partial charge on any atom is -0.495 e. The molecule has 0 aliphatic carbocycles. The first-order chi connectivity index (χ1) is 10.0. The van der Waals surface area contributed by atoms with Gasteiger partial charge >= 0.3 is 0 Å². The normalized spacial score (nSPS) is 11.4. The number of hydrogen-bond acceptors (Lipinski definition) is 5. The maximum absolute atomic E-state index is 11.6. The average molecular weight is 314 g/mol. The molecular weight excluding hydrogens is 288 g/mol. The molecule has 1 aromatic rings. The molecule has 21 heavy (non-hydrogen) atoms. The van der Waals surface area contributed by atoms with Gasteiger partial charge in [0.15, 0.2) is 0 Å². The average Bonchev–Trinajstić information content (AvgIpc) is 2.50. The molecule has 6 heteroatoms. The predicted molar refractivity (Wildman–Crippen MR) is 87.8 cm³/mol. The lowest BCUT2D eigenvalue weighted by atomic mass is 10.2. The van der Waals surface area contributed by atoms with Gasteiger partial charge in [0.05, 0.1) is 18.6 Å². The number of para-hydroxylation sites is 2. The van der Waals surface area contributed by atoms with Gasteiger partial charge < -0.3 is 15.4 Å². The van der Waals surface area contributed by atoms with Gasteiger partial charge in [-0.2, -0.15) is 0 Å². The molecule has 0 aliphatic rings. The van der Waals surface area contributed by atoms with Crippen LogP contribution in [0.1, 0.15) is 19.8 Å². The molecule has 0 spiro atoms. The first-order valence-corrected chi connectivity index (χ1v) is 9.14. The summed E-state index contributed by atoms with van der Waals surface area (Å²) < 4.78 is 28.6. The second-order valence-electron chi connectivity index (χ2n) is 4.89. The van der Waals surface area contributed by atoms with Crippen LogP contribution in [0.3, 0.4) is 0 Å². The van der Waals surface area contributed by atoms with Crippen molar-refractivity contribution >= 4 is 15.5 Å². The Kier molecular flexibility index (Phi) is 7.53. The van der Waals surface area contributed by atoms with Crippen LogP contribution in [0.5, 0.6) is 5.75 Å². The number of benzene rings is 1. The number of methoxy groups -OCH3 is 1. The number of rotatable bonds is 10. The largest absolute Gasteiger partial charge is 0.495 e. The van der Waals surface area contributed by atoms with E-state index in [0.29, 0.717) is 19.5 Å². The van der Waals surface area contributed by atoms with Crippen molar-refractivity contribution in [3.63, 3.8) is 0 Å². The molecule has 0 amide bonds. The molecule has 2 N–H and O–H groups in total. The van der Waals surface area contributed by atoms with E-state index in [1.165, 1.54) is 0 Å². The Hall–Kier alpha value is -1.27. The van der Waals surface area contributed by atoms with Crippen LogP contribution in [-0.2, 0) is 9.84 Å². The van der Waals surface area contributed by atoms with Crippen molar-refractivity contribution in [3.05, 3.63) is 24.3 Å². The highest BCUT2D eigenvalue weighted by Gasteiger charge is 2.13. The molecule has 1 aromatic carbocycles. The number of hydrogen-bond donors (Lipinski definition) is 1. The molecule has 120 valence electrons. The lowest BCUT2D eigenvalue weighted by Gasteiger charge is -2.26. The van der Waals surface area contributed by atoms with Crippen molar-refractivity contribution in [1.82, 2.24) is 0 Å². The Morgan fingerprint density at radius 3 is 2.48 bits per heavy atom. The zero-order chi connectivity index (χ0) is 15.7. The third-order valence-electron chi connectivity index (χ3n) is 3.38. The second kappa shape index (κ2) is 8.89. The first-order valence-electron chi connectivity index (χ1n) is 7.32. The molecule has 0 saturated heterocycles. The van der Waals surface area contributed by atoms with Crippen molar-refractivity contribution < 1.29 is 13.2 Å². The van der Waals surface area contributed by atoms with Gasteiger partial charge in [-0.15, -0.1) is 0 Å². The molecule has 0 unspecified atom stereocenters. The molecule has 0 atom stereocenters. The number of sulfone groups is 1. The minimum absolute atomic E-state index is 0.199. The van der Waals surface area contributed by atoms with Crippen LogP contribution in [0.4, 0.5) is 5.69 Å². The molecule has 1 rings (SSSR count). The molecule has 0 saturated carbocycles. The Morgan fingerprint density at radius 2 is 1.86 bits per heavy atom. The van der Waals surface area contributed by atoms with Crippen LogP contribution < -0.4 is 15.4 Å². The van der Waals surface area contributed by atoms with Gasteiger partial charge in [-0.05, 0) is 31.5 Å². The van der Waals surface area contributed by atoms with Gasteiger partial charge in [0.2, 0.25) is 0 Å². The first kappa shape index (κ1) is 17.8. The lowest BCUT2D eigenvalue weighted by molar-refractivity contribution is 0.414. The van der Waals surface area contributed by atoms with Crippen molar-refractivity contribution in [2.24, 2.45) is 5.73 Å². The maximum Gasteiger partial charge on any atom is 0.150 e. The molecule has 0 radical (unpaired) electrons. The number of nitrogens with two attached hydrogens (primary N) is 1. The lowest BCUT2D eigenvalue weighted by Crippen LogP contribution is -2.29. The molecular formula is C15H26N2O3S. The SMILES string of the molecule is CCS(=O)(=O)CCCN(CCCN)c1ccccc1OC. The molecule has 5 nitrogen and oxygen atoms in total. The van der Waals surface area contributed by atoms with Crippen molar-refractivity contribution in [1.29, 1.82) is 0 Å². The summed E-state index contributed by atoms with van der Waals surface area (Å²) in [5, 5.41) is 0. The highest BCUT2D eigenvalue weighted by molar-refractivity contribution is 7.91. The summed E-state index contributed by atoms with van der Waals surface area (Å²) in [5.74, 6) is 1.22. The van der Waals surface area contributed by atoms with Crippen LogP contribution in [0, 0.1) is 0 Å². The van der Waals surface area contributed by atoms with Gasteiger partial charge in [0.25, 0.3) is 0 Å². The van der Waals surface area contributed by atoms with E-state index in [2.05, 4.69) is 4.90 Å². The highest BCUT2D eigenvalue weighted by Crippen LogP contribution is 2.27. The fraction of sp³-hybridized carbons (Fsp3) is 0.600. The molecule has 0 heterocycles. The minimum atomic E-state index is -2.92. The summed E-state index contributed by atoms with van der Waals surface area (Å²) in [7, 11) is -1.28. The summed E-state index contributed by atoms with van der Waals surface area (Å²) in [6, 6.07) is 7.78. The summed E-state index contributed by atoms with van der Waals surface area (Å²) in [5.41, 5.74) is 6.58. The van der Waals surface area contributed by atoms with Gasteiger partial charge in [-0.25, -0.2) is 8.42 Å². The Morgan fingerprint density at radius 1 is 1.19 bits per heavy atom. The third kappa shape index (κ3) is 5.93. The van der Waals surface area contributed by atoms with Crippen molar-refractivity contribution in [2.45, 2.75) is 19.8 Å². The van der Waals surface area contributed by atoms with Crippen LogP contribution in [0.25, 0.3) is 0 Å². The predicted octanol–water partition coefficient (Wildman–Crippen LogP) is 1.68. The van der Waals surface area contributed by atoms with E-state index in [1.807, 2.05) is 24.3 Å².